The highest BCUT2D eigenvalue weighted by molar-refractivity contribution is 8.16. The molecular formula is C24H22N6OS2. The molecule has 3 rings (SSSR count). The summed E-state index contributed by atoms with van der Waals surface area (Å²) in [6.07, 6.45) is 3.20. The lowest BCUT2D eigenvalue weighted by atomic mass is 9.93. The Morgan fingerprint density at radius 1 is 1.15 bits per heavy atom. The van der Waals surface area contributed by atoms with Crippen molar-refractivity contribution in [2.24, 2.45) is 4.99 Å². The number of nitrogen functional groups attached to an aromatic ring is 1. The highest BCUT2D eigenvalue weighted by Crippen LogP contribution is 2.39. The van der Waals surface area contributed by atoms with E-state index in [4.69, 9.17) is 15.5 Å². The largest absolute Gasteiger partial charge is 0.384 e. The van der Waals surface area contributed by atoms with Gasteiger partial charge in [0.2, 0.25) is 0 Å². The number of benzene rings is 1. The summed E-state index contributed by atoms with van der Waals surface area (Å²) in [5.41, 5.74) is 9.75. The van der Waals surface area contributed by atoms with Gasteiger partial charge in [0.15, 0.2) is 0 Å². The van der Waals surface area contributed by atoms with Crippen LogP contribution in [0.4, 0.5) is 5.82 Å². The van der Waals surface area contributed by atoms with E-state index in [0.29, 0.717) is 56.0 Å². The molecule has 33 heavy (non-hydrogen) atoms. The molecule has 7 nitrogen and oxygen atoms in total. The van der Waals surface area contributed by atoms with Gasteiger partial charge < -0.3 is 10.5 Å². The second kappa shape index (κ2) is 12.0. The number of nitrogens with zero attached hydrogens (tertiary/aromatic N) is 5. The number of aliphatic imine (C=N–C) groups is 1. The average molecular weight is 475 g/mol. The molecule has 0 saturated heterocycles. The van der Waals surface area contributed by atoms with Crippen molar-refractivity contribution in [2.45, 2.75) is 5.03 Å². The second-order valence-electron chi connectivity index (χ2n) is 6.73. The molecule has 9 heteroatoms. The van der Waals surface area contributed by atoms with Crippen LogP contribution >= 0.6 is 23.5 Å². The van der Waals surface area contributed by atoms with Crippen LogP contribution in [0.5, 0.6) is 0 Å². The maximum Gasteiger partial charge on any atom is 0.132 e. The van der Waals surface area contributed by atoms with E-state index in [2.05, 4.69) is 22.1 Å². The normalized spacial score (nSPS) is 10.8. The molecule has 3 aromatic rings. The van der Waals surface area contributed by atoms with Gasteiger partial charge in [-0.15, -0.1) is 11.8 Å². The van der Waals surface area contributed by atoms with Crippen molar-refractivity contribution in [1.29, 1.82) is 10.5 Å². The van der Waals surface area contributed by atoms with Crippen LogP contribution in [0.3, 0.4) is 0 Å². The predicted octanol–water partition coefficient (Wildman–Crippen LogP) is 4.61. The van der Waals surface area contributed by atoms with E-state index in [1.165, 1.54) is 11.8 Å². The zero-order chi connectivity index (χ0) is 23.6. The molecule has 0 radical (unpaired) electrons. The molecule has 166 valence electrons. The first-order valence-electron chi connectivity index (χ1n) is 9.95. The van der Waals surface area contributed by atoms with Crippen LogP contribution < -0.4 is 5.73 Å². The number of anilines is 1. The predicted molar refractivity (Wildman–Crippen MR) is 135 cm³/mol. The highest BCUT2D eigenvalue weighted by Gasteiger charge is 2.23. The Balaban J connectivity index is 2.22. The lowest BCUT2D eigenvalue weighted by molar-refractivity contribution is 0.219. The van der Waals surface area contributed by atoms with Gasteiger partial charge in [-0.2, -0.15) is 10.5 Å². The second-order valence-corrected chi connectivity index (χ2v) is 9.16. The number of rotatable bonds is 9. The molecule has 0 aliphatic rings. The third-order valence-electron chi connectivity index (χ3n) is 4.65. The summed E-state index contributed by atoms with van der Waals surface area (Å²) in [6, 6.07) is 15.8. The monoisotopic (exact) mass is 474 g/mol. The zero-order valence-electron chi connectivity index (χ0n) is 18.3. The molecule has 2 aromatic heterocycles. The van der Waals surface area contributed by atoms with Gasteiger partial charge in [-0.05, 0) is 11.6 Å². The topological polar surface area (TPSA) is 121 Å². The summed E-state index contributed by atoms with van der Waals surface area (Å²) in [7, 11) is 3.32. The van der Waals surface area contributed by atoms with Gasteiger partial charge in [-0.25, -0.2) is 9.97 Å². The van der Waals surface area contributed by atoms with E-state index in [1.807, 2.05) is 30.3 Å². The average Bonchev–Trinajstić information content (AvgIpc) is 2.85. The molecule has 0 aliphatic carbocycles. The Bertz CT molecular complexity index is 1230. The summed E-state index contributed by atoms with van der Waals surface area (Å²) in [6.45, 7) is 0.649. The molecule has 0 atom stereocenters. The maximum atomic E-state index is 10.1. The lowest BCUT2D eigenvalue weighted by Gasteiger charge is -2.15. The fourth-order valence-electron chi connectivity index (χ4n) is 3.15. The van der Waals surface area contributed by atoms with E-state index in [0.717, 1.165) is 11.3 Å². The van der Waals surface area contributed by atoms with Crippen LogP contribution in [0.25, 0.3) is 22.4 Å². The Hall–Kier alpha value is -3.37. The lowest BCUT2D eigenvalue weighted by Crippen LogP contribution is -2.03. The standard InChI is InChI=1S/C24H22N6OS2/c1-28-13-18-10-17(14-29-23(18)27)22-19(11-25)21(16-6-4-3-5-7-16)20(12-26)24(30-22)33-15-32-9-8-31-2/h3-7,10,13-14H,8-9,15H2,1-2H3,(H2,27,29). The molecule has 0 saturated carbocycles. The summed E-state index contributed by atoms with van der Waals surface area (Å²) >= 11 is 3.16. The van der Waals surface area contributed by atoms with E-state index < -0.39 is 0 Å². The number of nitrogens with two attached hydrogens (primary N) is 1. The number of hydrogen-bond donors (Lipinski definition) is 1. The molecule has 0 amide bonds. The minimum Gasteiger partial charge on any atom is -0.384 e. The minimum absolute atomic E-state index is 0.320. The number of methoxy groups -OCH3 is 1. The van der Waals surface area contributed by atoms with Crippen molar-refractivity contribution in [1.82, 2.24) is 9.97 Å². The first-order valence-corrected chi connectivity index (χ1v) is 12.1. The van der Waals surface area contributed by atoms with Crippen molar-refractivity contribution in [3.05, 3.63) is 59.3 Å². The van der Waals surface area contributed by atoms with Crippen LogP contribution in [-0.4, -0.2) is 47.8 Å². The molecule has 2 heterocycles. The van der Waals surface area contributed by atoms with Crippen molar-refractivity contribution in [3.63, 3.8) is 0 Å². The van der Waals surface area contributed by atoms with Crippen LogP contribution in [0.1, 0.15) is 16.7 Å². The van der Waals surface area contributed by atoms with Crippen molar-refractivity contribution in [2.75, 3.05) is 37.3 Å². The van der Waals surface area contributed by atoms with Gasteiger partial charge in [-0.3, -0.25) is 4.99 Å². The summed E-state index contributed by atoms with van der Waals surface area (Å²) < 4.78 is 5.10. The van der Waals surface area contributed by atoms with Crippen molar-refractivity contribution < 1.29 is 4.74 Å². The molecular weight excluding hydrogens is 452 g/mol. The Kier molecular flexibility index (Phi) is 8.85. The molecule has 2 N–H and O–H groups in total. The van der Waals surface area contributed by atoms with E-state index in [1.54, 1.807) is 44.4 Å². The van der Waals surface area contributed by atoms with Crippen molar-refractivity contribution >= 4 is 35.6 Å². The molecule has 0 spiro atoms. The summed E-state index contributed by atoms with van der Waals surface area (Å²) in [5.74, 6) is 1.17. The molecule has 0 unspecified atom stereocenters. The highest BCUT2D eigenvalue weighted by atomic mass is 32.2. The zero-order valence-corrected chi connectivity index (χ0v) is 19.9. The third-order valence-corrected chi connectivity index (χ3v) is 6.81. The Morgan fingerprint density at radius 3 is 2.58 bits per heavy atom. The number of hydrogen-bond acceptors (Lipinski definition) is 9. The first kappa shape index (κ1) is 24.3. The molecule has 0 aliphatic heterocycles. The summed E-state index contributed by atoms with van der Waals surface area (Å²) in [5, 5.41) is 21.4. The van der Waals surface area contributed by atoms with E-state index >= 15 is 0 Å². The van der Waals surface area contributed by atoms with Gasteiger partial charge in [0.05, 0.1) is 23.4 Å². The maximum absolute atomic E-state index is 10.1. The van der Waals surface area contributed by atoms with Gasteiger partial charge in [0.25, 0.3) is 0 Å². The van der Waals surface area contributed by atoms with Gasteiger partial charge in [0, 0.05) is 54.1 Å². The van der Waals surface area contributed by atoms with Gasteiger partial charge >= 0.3 is 0 Å². The van der Waals surface area contributed by atoms with Crippen molar-refractivity contribution in [3.8, 4) is 34.5 Å². The van der Waals surface area contributed by atoms with Crippen LogP contribution in [0, 0.1) is 22.7 Å². The smallest absolute Gasteiger partial charge is 0.132 e. The van der Waals surface area contributed by atoms with Crippen LogP contribution in [0.15, 0.2) is 52.6 Å². The molecule has 0 fully saturated rings. The third kappa shape index (κ3) is 5.71. The Morgan fingerprint density at radius 2 is 1.91 bits per heavy atom. The Labute approximate surface area is 201 Å². The summed E-state index contributed by atoms with van der Waals surface area (Å²) in [4.78, 5) is 13.1. The first-order chi connectivity index (χ1) is 16.1. The number of thioether (sulfide) groups is 2. The fraction of sp³-hybridized carbons (Fsp3) is 0.208. The number of aromatic nitrogens is 2. The molecule has 1 aromatic carbocycles. The quantitative estimate of drug-likeness (QED) is 0.206. The van der Waals surface area contributed by atoms with E-state index in [9.17, 15) is 10.5 Å². The van der Waals surface area contributed by atoms with Crippen LogP contribution in [-0.2, 0) is 4.74 Å². The SMILES string of the molecule is CN=Cc1cc(-c2nc(SCSCCOC)c(C#N)c(-c3ccccc3)c2C#N)cnc1N. The van der Waals surface area contributed by atoms with Gasteiger partial charge in [0.1, 0.15) is 23.0 Å². The molecule has 0 bridgehead atoms. The number of pyridine rings is 2. The fourth-order valence-corrected chi connectivity index (χ4v) is 5.13. The van der Waals surface area contributed by atoms with Gasteiger partial charge in [-0.1, -0.05) is 42.1 Å². The number of ether oxygens (including phenoxy) is 1. The van der Waals surface area contributed by atoms with Crippen LogP contribution in [0.2, 0.25) is 0 Å². The number of nitriles is 2. The minimum atomic E-state index is 0.320. The van der Waals surface area contributed by atoms with E-state index in [-0.39, 0.29) is 0 Å².